The molecule has 0 aliphatic rings. The number of hydrogen-bond donors (Lipinski definition) is 3. The number of benzene rings is 2. The van der Waals surface area contributed by atoms with E-state index in [9.17, 15) is 4.79 Å². The summed E-state index contributed by atoms with van der Waals surface area (Å²) in [6, 6.07) is 22.9. The van der Waals surface area contributed by atoms with Gasteiger partial charge in [-0.15, -0.1) is 0 Å². The minimum Gasteiger partial charge on any atom is -0.393 e. The number of nitrogen functional groups attached to an aromatic ring is 1. The van der Waals surface area contributed by atoms with Crippen molar-refractivity contribution in [3.63, 3.8) is 0 Å². The maximum atomic E-state index is 12.4. The van der Waals surface area contributed by atoms with E-state index < -0.39 is 0 Å². The van der Waals surface area contributed by atoms with E-state index in [1.54, 1.807) is 18.3 Å². The number of rotatable bonds is 7. The average molecular weight is 425 g/mol. The topological polar surface area (TPSA) is 109 Å². The van der Waals surface area contributed by atoms with E-state index in [4.69, 9.17) is 5.73 Å². The molecule has 2 aromatic heterocycles. The van der Waals surface area contributed by atoms with Gasteiger partial charge in [-0.25, -0.2) is 15.0 Å². The van der Waals surface area contributed by atoms with Crippen LogP contribution in [0.2, 0.25) is 0 Å². The second-order valence-corrected chi connectivity index (χ2v) is 7.16. The SMILES string of the molecule is Cc1ccc(C(=O)NNc2ncnc(N(Cc3ccccc3)c3ccccn3)c2N)cc1. The van der Waals surface area contributed by atoms with Gasteiger partial charge in [-0.2, -0.15) is 0 Å². The number of carbonyl (C=O) groups excluding carboxylic acids is 1. The summed E-state index contributed by atoms with van der Waals surface area (Å²) in [7, 11) is 0. The Morgan fingerprint density at radius 2 is 1.69 bits per heavy atom. The fraction of sp³-hybridized carbons (Fsp3) is 0.0833. The van der Waals surface area contributed by atoms with Crippen molar-refractivity contribution >= 4 is 29.0 Å². The zero-order chi connectivity index (χ0) is 22.3. The highest BCUT2D eigenvalue weighted by molar-refractivity contribution is 5.95. The van der Waals surface area contributed by atoms with Gasteiger partial charge >= 0.3 is 0 Å². The number of nitrogens with zero attached hydrogens (tertiary/aromatic N) is 4. The number of hydrogen-bond acceptors (Lipinski definition) is 7. The lowest BCUT2D eigenvalue weighted by molar-refractivity contribution is 0.0962. The van der Waals surface area contributed by atoms with Gasteiger partial charge in [-0.1, -0.05) is 54.1 Å². The van der Waals surface area contributed by atoms with Crippen LogP contribution < -0.4 is 21.5 Å². The Morgan fingerprint density at radius 3 is 2.41 bits per heavy atom. The smallest absolute Gasteiger partial charge is 0.269 e. The van der Waals surface area contributed by atoms with Gasteiger partial charge in [-0.3, -0.25) is 15.6 Å². The molecule has 0 saturated carbocycles. The summed E-state index contributed by atoms with van der Waals surface area (Å²) in [6.07, 6.45) is 3.11. The van der Waals surface area contributed by atoms with Gasteiger partial charge in [0.25, 0.3) is 5.91 Å². The van der Waals surface area contributed by atoms with Crippen LogP contribution >= 0.6 is 0 Å². The van der Waals surface area contributed by atoms with Gasteiger partial charge < -0.3 is 10.6 Å². The van der Waals surface area contributed by atoms with Crippen molar-refractivity contribution in [3.05, 3.63) is 102 Å². The average Bonchev–Trinajstić information content (AvgIpc) is 2.83. The van der Waals surface area contributed by atoms with Crippen LogP contribution in [-0.4, -0.2) is 20.9 Å². The Balaban J connectivity index is 1.59. The number of nitrogens with two attached hydrogens (primary N) is 1. The molecular weight excluding hydrogens is 402 g/mol. The molecule has 0 aliphatic carbocycles. The fourth-order valence-corrected chi connectivity index (χ4v) is 3.14. The Morgan fingerprint density at radius 1 is 0.938 bits per heavy atom. The van der Waals surface area contributed by atoms with Crippen LogP contribution in [0.25, 0.3) is 0 Å². The summed E-state index contributed by atoms with van der Waals surface area (Å²) in [5.74, 6) is 1.17. The molecule has 0 spiro atoms. The Hall–Kier alpha value is -4.46. The lowest BCUT2D eigenvalue weighted by Crippen LogP contribution is -2.30. The van der Waals surface area contributed by atoms with Gasteiger partial charge in [-0.05, 0) is 36.8 Å². The predicted molar refractivity (Wildman–Crippen MR) is 125 cm³/mol. The third-order valence-electron chi connectivity index (χ3n) is 4.84. The maximum Gasteiger partial charge on any atom is 0.269 e. The first kappa shape index (κ1) is 20.8. The van der Waals surface area contributed by atoms with E-state index in [2.05, 4.69) is 25.8 Å². The third-order valence-corrected chi connectivity index (χ3v) is 4.84. The number of amides is 1. The second-order valence-electron chi connectivity index (χ2n) is 7.16. The molecule has 2 heterocycles. The number of pyridine rings is 1. The minimum atomic E-state index is -0.296. The Labute approximate surface area is 186 Å². The van der Waals surface area contributed by atoms with Crippen molar-refractivity contribution in [2.45, 2.75) is 13.5 Å². The molecule has 8 heteroatoms. The Kier molecular flexibility index (Phi) is 6.22. The van der Waals surface area contributed by atoms with Crippen LogP contribution in [0.4, 0.5) is 23.1 Å². The number of aryl methyl sites for hydroxylation is 1. The molecule has 0 atom stereocenters. The molecular formula is C24H23N7O. The molecule has 160 valence electrons. The molecule has 4 N–H and O–H groups in total. The van der Waals surface area contributed by atoms with Crippen molar-refractivity contribution in [2.75, 3.05) is 16.1 Å². The van der Waals surface area contributed by atoms with Crippen LogP contribution in [0, 0.1) is 6.92 Å². The van der Waals surface area contributed by atoms with Crippen LogP contribution in [0.3, 0.4) is 0 Å². The van der Waals surface area contributed by atoms with Crippen molar-refractivity contribution in [2.24, 2.45) is 0 Å². The van der Waals surface area contributed by atoms with E-state index in [0.29, 0.717) is 35.2 Å². The van der Waals surface area contributed by atoms with Crippen LogP contribution in [0.1, 0.15) is 21.5 Å². The van der Waals surface area contributed by atoms with Crippen LogP contribution in [-0.2, 0) is 6.54 Å². The largest absolute Gasteiger partial charge is 0.393 e. The molecule has 4 rings (SSSR count). The van der Waals surface area contributed by atoms with Gasteiger partial charge in [0.2, 0.25) is 0 Å². The normalized spacial score (nSPS) is 10.4. The highest BCUT2D eigenvalue weighted by atomic mass is 16.2. The van der Waals surface area contributed by atoms with Gasteiger partial charge in [0.15, 0.2) is 11.6 Å². The highest BCUT2D eigenvalue weighted by Crippen LogP contribution is 2.31. The molecule has 0 radical (unpaired) electrons. The van der Waals surface area contributed by atoms with Crippen molar-refractivity contribution < 1.29 is 4.79 Å². The summed E-state index contributed by atoms with van der Waals surface area (Å²) in [4.78, 5) is 27.4. The first-order valence-corrected chi connectivity index (χ1v) is 10.1. The summed E-state index contributed by atoms with van der Waals surface area (Å²) >= 11 is 0. The number of anilines is 4. The maximum absolute atomic E-state index is 12.4. The van der Waals surface area contributed by atoms with E-state index in [-0.39, 0.29) is 5.91 Å². The fourth-order valence-electron chi connectivity index (χ4n) is 3.14. The summed E-state index contributed by atoms with van der Waals surface area (Å²) in [6.45, 7) is 2.47. The van der Waals surface area contributed by atoms with Crippen LogP contribution in [0.15, 0.2) is 85.3 Å². The Bertz CT molecular complexity index is 1180. The summed E-state index contributed by atoms with van der Waals surface area (Å²) < 4.78 is 0. The van der Waals surface area contributed by atoms with Crippen molar-refractivity contribution in [1.29, 1.82) is 0 Å². The highest BCUT2D eigenvalue weighted by Gasteiger charge is 2.19. The number of nitrogens with one attached hydrogen (secondary N) is 2. The minimum absolute atomic E-state index is 0.290. The summed E-state index contributed by atoms with van der Waals surface area (Å²) in [5.41, 5.74) is 14.8. The molecule has 8 nitrogen and oxygen atoms in total. The van der Waals surface area contributed by atoms with Gasteiger partial charge in [0.1, 0.15) is 17.8 Å². The zero-order valence-electron chi connectivity index (χ0n) is 17.6. The molecule has 4 aromatic rings. The molecule has 1 amide bonds. The third kappa shape index (κ3) is 4.81. The van der Waals surface area contributed by atoms with E-state index in [1.807, 2.05) is 72.5 Å². The first-order chi connectivity index (χ1) is 15.6. The molecule has 2 aromatic carbocycles. The zero-order valence-corrected chi connectivity index (χ0v) is 17.6. The predicted octanol–water partition coefficient (Wildman–Crippen LogP) is 3.86. The monoisotopic (exact) mass is 425 g/mol. The summed E-state index contributed by atoms with van der Waals surface area (Å²) in [5, 5.41) is 0. The van der Waals surface area contributed by atoms with Crippen LogP contribution in [0.5, 0.6) is 0 Å². The lowest BCUT2D eigenvalue weighted by atomic mass is 10.1. The number of hydrazine groups is 1. The van der Waals surface area contributed by atoms with Crippen molar-refractivity contribution in [3.8, 4) is 0 Å². The standard InChI is InChI=1S/C24H23N7O/c1-17-10-12-19(13-11-17)24(32)30-29-22-21(25)23(28-16-27-22)31(20-9-5-6-14-26-20)15-18-7-3-2-4-8-18/h2-14,16H,15,25H2,1H3,(H,30,32)(H,27,28,29). The van der Waals surface area contributed by atoms with Crippen molar-refractivity contribution in [1.82, 2.24) is 20.4 Å². The first-order valence-electron chi connectivity index (χ1n) is 10.1. The molecule has 0 fully saturated rings. The van der Waals surface area contributed by atoms with E-state index in [1.165, 1.54) is 6.33 Å². The molecule has 0 saturated heterocycles. The molecule has 32 heavy (non-hydrogen) atoms. The molecule has 0 unspecified atom stereocenters. The lowest BCUT2D eigenvalue weighted by Gasteiger charge is -2.24. The molecule has 0 bridgehead atoms. The van der Waals surface area contributed by atoms with E-state index in [0.717, 1.165) is 11.1 Å². The van der Waals surface area contributed by atoms with Gasteiger partial charge in [0, 0.05) is 11.8 Å². The quantitative estimate of drug-likeness (QED) is 0.386. The number of carbonyl (C=O) groups is 1. The van der Waals surface area contributed by atoms with E-state index >= 15 is 0 Å². The molecule has 0 aliphatic heterocycles. The number of aromatic nitrogens is 3. The van der Waals surface area contributed by atoms with Gasteiger partial charge in [0.05, 0.1) is 6.54 Å². The second kappa shape index (κ2) is 9.57.